The number of hydrogen-bond acceptors (Lipinski definition) is 4. The third-order valence-electron chi connectivity index (χ3n) is 5.51. The number of aryl methyl sites for hydroxylation is 1. The van der Waals surface area contributed by atoms with Crippen molar-refractivity contribution < 1.29 is 13.2 Å². The van der Waals surface area contributed by atoms with Crippen LogP contribution in [-0.4, -0.2) is 49.7 Å². The van der Waals surface area contributed by atoms with Crippen LogP contribution >= 0.6 is 11.3 Å². The summed E-state index contributed by atoms with van der Waals surface area (Å²) in [6.07, 6.45) is 7.31. The highest BCUT2D eigenvalue weighted by molar-refractivity contribution is 7.91. The van der Waals surface area contributed by atoms with Gasteiger partial charge in [0.1, 0.15) is 4.21 Å². The number of rotatable bonds is 4. The summed E-state index contributed by atoms with van der Waals surface area (Å²) in [5.41, 5.74) is 0. The predicted molar refractivity (Wildman–Crippen MR) is 100 cm³/mol. The fraction of sp³-hybridized carbons (Fsp3) is 0.722. The number of carbonyl (C=O) groups is 1. The predicted octanol–water partition coefficient (Wildman–Crippen LogP) is 3.25. The molecule has 1 aliphatic carbocycles. The molecule has 1 amide bonds. The Morgan fingerprint density at radius 2 is 1.88 bits per heavy atom. The molecule has 1 saturated carbocycles. The van der Waals surface area contributed by atoms with Crippen molar-refractivity contribution in [2.24, 2.45) is 5.92 Å². The average Bonchev–Trinajstić information content (AvgIpc) is 3.08. The first kappa shape index (κ1) is 18.9. The molecule has 1 aromatic heterocycles. The van der Waals surface area contributed by atoms with Crippen LogP contribution in [0.15, 0.2) is 16.3 Å². The first-order valence-electron chi connectivity index (χ1n) is 9.23. The minimum absolute atomic E-state index is 0.120. The van der Waals surface area contributed by atoms with Crippen molar-refractivity contribution in [3.05, 3.63) is 17.0 Å². The Bertz CT molecular complexity index is 708. The van der Waals surface area contributed by atoms with E-state index in [-0.39, 0.29) is 11.8 Å². The standard InChI is InChI=1S/C18H28N2O3S2/c1-14-10-11-17(24-14)25(22,23)20-12-6-7-15(13-20)18(21)19(2)16-8-4-3-5-9-16/h10-11,15-16H,3-9,12-13H2,1-2H3. The summed E-state index contributed by atoms with van der Waals surface area (Å²) in [7, 11) is -1.58. The van der Waals surface area contributed by atoms with Gasteiger partial charge in [0.2, 0.25) is 5.91 Å². The lowest BCUT2D eigenvalue weighted by molar-refractivity contribution is -0.138. The molecule has 0 N–H and O–H groups in total. The highest BCUT2D eigenvalue weighted by Gasteiger charge is 2.36. The van der Waals surface area contributed by atoms with Gasteiger partial charge in [-0.3, -0.25) is 4.79 Å². The van der Waals surface area contributed by atoms with Crippen LogP contribution < -0.4 is 0 Å². The Hall–Kier alpha value is -0.920. The third kappa shape index (κ3) is 4.09. The monoisotopic (exact) mass is 384 g/mol. The molecule has 1 unspecified atom stereocenters. The molecule has 3 rings (SSSR count). The fourth-order valence-electron chi connectivity index (χ4n) is 3.98. The summed E-state index contributed by atoms with van der Waals surface area (Å²) < 4.78 is 27.6. The average molecular weight is 385 g/mol. The van der Waals surface area contributed by atoms with E-state index in [1.807, 2.05) is 24.9 Å². The number of carbonyl (C=O) groups excluding carboxylic acids is 1. The lowest BCUT2D eigenvalue weighted by Gasteiger charge is -2.37. The van der Waals surface area contributed by atoms with Crippen molar-refractivity contribution in [1.29, 1.82) is 0 Å². The summed E-state index contributed by atoms with van der Waals surface area (Å²) in [6, 6.07) is 3.84. The molecule has 0 radical (unpaired) electrons. The topological polar surface area (TPSA) is 57.7 Å². The van der Waals surface area contributed by atoms with Gasteiger partial charge in [0.05, 0.1) is 5.92 Å². The van der Waals surface area contributed by atoms with Crippen molar-refractivity contribution in [1.82, 2.24) is 9.21 Å². The Morgan fingerprint density at radius 3 is 2.52 bits per heavy atom. The SMILES string of the molecule is Cc1ccc(S(=O)(=O)N2CCCC(C(=O)N(C)C3CCCCC3)C2)s1. The van der Waals surface area contributed by atoms with Gasteiger partial charge >= 0.3 is 0 Å². The van der Waals surface area contributed by atoms with Crippen LogP contribution in [0.1, 0.15) is 49.8 Å². The highest BCUT2D eigenvalue weighted by atomic mass is 32.2. The summed E-state index contributed by atoms with van der Waals surface area (Å²) in [4.78, 5) is 15.8. The van der Waals surface area contributed by atoms with E-state index in [0.717, 1.165) is 30.6 Å². The van der Waals surface area contributed by atoms with Crippen molar-refractivity contribution >= 4 is 27.3 Å². The minimum Gasteiger partial charge on any atom is -0.342 e. The van der Waals surface area contributed by atoms with Crippen molar-refractivity contribution in [3.8, 4) is 0 Å². The molecule has 2 heterocycles. The van der Waals surface area contributed by atoms with Crippen LogP contribution in [0.5, 0.6) is 0 Å². The Morgan fingerprint density at radius 1 is 1.16 bits per heavy atom. The molecule has 1 aromatic rings. The zero-order valence-corrected chi connectivity index (χ0v) is 16.7. The van der Waals surface area contributed by atoms with Crippen molar-refractivity contribution in [3.63, 3.8) is 0 Å². The van der Waals surface area contributed by atoms with Crippen LogP contribution in [-0.2, 0) is 14.8 Å². The van der Waals surface area contributed by atoms with Gasteiger partial charge in [-0.15, -0.1) is 11.3 Å². The van der Waals surface area contributed by atoms with E-state index in [1.54, 1.807) is 6.07 Å². The molecule has 25 heavy (non-hydrogen) atoms. The molecule has 1 atom stereocenters. The van der Waals surface area contributed by atoms with Crippen molar-refractivity contribution in [2.45, 2.75) is 62.1 Å². The minimum atomic E-state index is -3.48. The number of nitrogens with zero attached hydrogens (tertiary/aromatic N) is 2. The summed E-state index contributed by atoms with van der Waals surface area (Å²) in [6.45, 7) is 2.73. The maximum Gasteiger partial charge on any atom is 0.252 e. The van der Waals surface area contributed by atoms with E-state index >= 15 is 0 Å². The Labute approximate surface area is 155 Å². The molecular formula is C18H28N2O3S2. The van der Waals surface area contributed by atoms with E-state index in [2.05, 4.69) is 0 Å². The van der Waals surface area contributed by atoms with Gasteiger partial charge in [0, 0.05) is 31.1 Å². The number of thiophene rings is 1. The second-order valence-electron chi connectivity index (χ2n) is 7.31. The normalized spacial score (nSPS) is 23.5. The smallest absolute Gasteiger partial charge is 0.252 e. The zero-order chi connectivity index (χ0) is 18.0. The Kier molecular flexibility index (Phi) is 5.85. The highest BCUT2D eigenvalue weighted by Crippen LogP contribution is 2.30. The van der Waals surface area contributed by atoms with E-state index < -0.39 is 10.0 Å². The quantitative estimate of drug-likeness (QED) is 0.801. The van der Waals surface area contributed by atoms with Crippen LogP contribution in [0.25, 0.3) is 0 Å². The van der Waals surface area contributed by atoms with Crippen LogP contribution in [0.2, 0.25) is 0 Å². The van der Waals surface area contributed by atoms with E-state index in [4.69, 9.17) is 0 Å². The molecule has 0 aromatic carbocycles. The van der Waals surface area contributed by atoms with Gasteiger partial charge in [0.25, 0.3) is 10.0 Å². The molecule has 2 aliphatic rings. The molecule has 0 spiro atoms. The second kappa shape index (κ2) is 7.76. The van der Waals surface area contributed by atoms with Gasteiger partial charge in [-0.25, -0.2) is 8.42 Å². The fourth-order valence-corrected chi connectivity index (χ4v) is 6.94. The molecule has 140 valence electrons. The molecule has 1 saturated heterocycles. The lowest BCUT2D eigenvalue weighted by atomic mass is 9.92. The van der Waals surface area contributed by atoms with Crippen LogP contribution in [0.4, 0.5) is 0 Å². The number of sulfonamides is 1. The maximum atomic E-state index is 12.9. The summed E-state index contributed by atoms with van der Waals surface area (Å²) >= 11 is 1.30. The molecule has 1 aliphatic heterocycles. The van der Waals surface area contributed by atoms with E-state index in [0.29, 0.717) is 23.3 Å². The van der Waals surface area contributed by atoms with Gasteiger partial charge in [0.15, 0.2) is 0 Å². The lowest BCUT2D eigenvalue weighted by Crippen LogP contribution is -2.48. The van der Waals surface area contributed by atoms with Crippen LogP contribution in [0.3, 0.4) is 0 Å². The molecule has 7 heteroatoms. The number of hydrogen-bond donors (Lipinski definition) is 0. The third-order valence-corrected chi connectivity index (χ3v) is 8.85. The summed E-state index contributed by atoms with van der Waals surface area (Å²) in [5, 5.41) is 0. The van der Waals surface area contributed by atoms with Crippen molar-refractivity contribution in [2.75, 3.05) is 20.1 Å². The van der Waals surface area contributed by atoms with E-state index in [9.17, 15) is 13.2 Å². The van der Waals surface area contributed by atoms with Gasteiger partial charge in [-0.1, -0.05) is 19.3 Å². The number of piperidine rings is 1. The van der Waals surface area contributed by atoms with Gasteiger partial charge < -0.3 is 4.90 Å². The first-order chi connectivity index (χ1) is 11.9. The van der Waals surface area contributed by atoms with Crippen LogP contribution in [0, 0.1) is 12.8 Å². The molecular weight excluding hydrogens is 356 g/mol. The van der Waals surface area contributed by atoms with E-state index in [1.165, 1.54) is 34.9 Å². The summed E-state index contributed by atoms with van der Waals surface area (Å²) in [5.74, 6) is -0.0920. The molecule has 0 bridgehead atoms. The van der Waals surface area contributed by atoms with Gasteiger partial charge in [-0.05, 0) is 44.7 Å². The maximum absolute atomic E-state index is 12.9. The zero-order valence-electron chi connectivity index (χ0n) is 15.1. The molecule has 5 nitrogen and oxygen atoms in total. The second-order valence-corrected chi connectivity index (χ2v) is 10.8. The number of amides is 1. The first-order valence-corrected chi connectivity index (χ1v) is 11.5. The largest absolute Gasteiger partial charge is 0.342 e. The Balaban J connectivity index is 1.69. The molecule has 2 fully saturated rings. The van der Waals surface area contributed by atoms with Gasteiger partial charge in [-0.2, -0.15) is 4.31 Å².